The monoisotopic (exact) mass is 588 g/mol. The number of nitrogens with one attached hydrogen (secondary N) is 4. The van der Waals surface area contributed by atoms with Crippen LogP contribution >= 0.6 is 11.6 Å². The van der Waals surface area contributed by atoms with Gasteiger partial charge >= 0.3 is 12.1 Å². The van der Waals surface area contributed by atoms with E-state index in [1.54, 1.807) is 12.1 Å². The van der Waals surface area contributed by atoms with Gasteiger partial charge in [0.1, 0.15) is 24.1 Å². The minimum Gasteiger partial charge on any atom is -0.447 e. The number of rotatable bonds is 10. The van der Waals surface area contributed by atoms with Crippen LogP contribution in [0.1, 0.15) is 24.8 Å². The smallest absolute Gasteiger partial charge is 0.412 e. The van der Waals surface area contributed by atoms with Gasteiger partial charge in [-0.2, -0.15) is 0 Å². The largest absolute Gasteiger partial charge is 0.447 e. The first-order valence-corrected chi connectivity index (χ1v) is 13.5. The Morgan fingerprint density at radius 2 is 2.02 bits per heavy atom. The topological polar surface area (TPSA) is 125 Å². The van der Waals surface area contributed by atoms with E-state index in [0.717, 1.165) is 13.0 Å². The number of carbonyl (C=O) groups excluding carboxylic acids is 3. The molecule has 4 amide bonds. The number of amides is 4. The van der Waals surface area contributed by atoms with Crippen LogP contribution in [-0.2, 0) is 16.1 Å². The van der Waals surface area contributed by atoms with E-state index in [9.17, 15) is 23.2 Å². The molecule has 0 spiro atoms. The summed E-state index contributed by atoms with van der Waals surface area (Å²) in [6.07, 6.45) is 1.79. The number of nitrogens with zero attached hydrogens (tertiary/aromatic N) is 2. The highest BCUT2D eigenvalue weighted by Crippen LogP contribution is 2.20. The van der Waals surface area contributed by atoms with Crippen molar-refractivity contribution >= 4 is 46.2 Å². The van der Waals surface area contributed by atoms with Crippen molar-refractivity contribution in [1.29, 1.82) is 0 Å². The Kier molecular flexibility index (Phi) is 10.3. The second-order valence-corrected chi connectivity index (χ2v) is 10.1. The lowest BCUT2D eigenvalue weighted by Gasteiger charge is -2.28. The van der Waals surface area contributed by atoms with E-state index in [2.05, 4.69) is 26.3 Å². The van der Waals surface area contributed by atoms with Crippen molar-refractivity contribution in [2.45, 2.75) is 37.9 Å². The van der Waals surface area contributed by atoms with E-state index in [4.69, 9.17) is 16.3 Å². The number of anilines is 1. The number of likely N-dealkylation sites (N-methyl/N-ethyl adjacent to an activating group) is 1. The molecule has 13 heteroatoms. The lowest BCUT2D eigenvalue weighted by molar-refractivity contribution is -0.122. The molecule has 3 aromatic rings. The van der Waals surface area contributed by atoms with Gasteiger partial charge in [0.15, 0.2) is 0 Å². The fourth-order valence-corrected chi connectivity index (χ4v) is 4.60. The Hall–Kier alpha value is -4.03. The Morgan fingerprint density at radius 3 is 2.80 bits per heavy atom. The molecule has 4 N–H and O–H groups in total. The highest BCUT2D eigenvalue weighted by Gasteiger charge is 2.24. The molecule has 1 unspecified atom stereocenters. The zero-order chi connectivity index (χ0) is 29.4. The van der Waals surface area contributed by atoms with Crippen LogP contribution in [0.3, 0.4) is 0 Å². The van der Waals surface area contributed by atoms with Gasteiger partial charge in [0, 0.05) is 44.2 Å². The molecular formula is C28H31ClF2N6O4. The summed E-state index contributed by atoms with van der Waals surface area (Å²) >= 11 is 5.99. The van der Waals surface area contributed by atoms with Crippen LogP contribution in [0, 0.1) is 11.6 Å². The molecule has 0 bridgehead atoms. The van der Waals surface area contributed by atoms with E-state index >= 15 is 0 Å². The molecule has 41 heavy (non-hydrogen) atoms. The maximum absolute atomic E-state index is 13.8. The molecule has 1 saturated heterocycles. The summed E-state index contributed by atoms with van der Waals surface area (Å²) < 4.78 is 32.7. The third-order valence-corrected chi connectivity index (χ3v) is 7.20. The number of hydrogen-bond donors (Lipinski definition) is 4. The molecule has 1 aromatic heterocycles. The minimum absolute atomic E-state index is 0.0305. The molecule has 0 saturated carbocycles. The van der Waals surface area contributed by atoms with Gasteiger partial charge in [0.05, 0.1) is 11.1 Å². The highest BCUT2D eigenvalue weighted by molar-refractivity contribution is 6.31. The lowest BCUT2D eigenvalue weighted by Crippen LogP contribution is -2.46. The predicted molar refractivity (Wildman–Crippen MR) is 151 cm³/mol. The normalized spacial score (nSPS) is 15.3. The van der Waals surface area contributed by atoms with Crippen LogP contribution in [0.4, 0.5) is 24.2 Å². The predicted octanol–water partition coefficient (Wildman–Crippen LogP) is 4.18. The Labute approximate surface area is 240 Å². The number of ether oxygens (including phenoxy) is 1. The van der Waals surface area contributed by atoms with E-state index in [1.165, 1.54) is 48.5 Å². The number of urea groups is 1. The van der Waals surface area contributed by atoms with Crippen molar-refractivity contribution in [3.63, 3.8) is 0 Å². The Bertz CT molecular complexity index is 1410. The van der Waals surface area contributed by atoms with Gasteiger partial charge in [-0.25, -0.2) is 23.4 Å². The number of halogens is 3. The third-order valence-electron chi connectivity index (χ3n) is 6.78. The molecule has 2 atom stereocenters. The van der Waals surface area contributed by atoms with Crippen molar-refractivity contribution in [3.05, 3.63) is 70.9 Å². The average Bonchev–Trinajstić information content (AvgIpc) is 3.46. The molecule has 1 aliphatic heterocycles. The summed E-state index contributed by atoms with van der Waals surface area (Å²) in [6.45, 7) is 1.27. The van der Waals surface area contributed by atoms with E-state index < -0.39 is 29.8 Å². The van der Waals surface area contributed by atoms with Crippen molar-refractivity contribution in [1.82, 2.24) is 25.8 Å². The van der Waals surface area contributed by atoms with Crippen molar-refractivity contribution in [2.24, 2.45) is 0 Å². The summed E-state index contributed by atoms with van der Waals surface area (Å²) in [5, 5.41) is 12.5. The molecule has 1 fully saturated rings. The Morgan fingerprint density at radius 1 is 1.20 bits per heavy atom. The quantitative estimate of drug-likeness (QED) is 0.282. The van der Waals surface area contributed by atoms with Gasteiger partial charge in [-0.05, 0) is 60.7 Å². The van der Waals surface area contributed by atoms with Crippen LogP contribution in [0.2, 0.25) is 5.02 Å². The van der Waals surface area contributed by atoms with Crippen molar-refractivity contribution in [2.75, 3.05) is 32.1 Å². The van der Waals surface area contributed by atoms with E-state index in [1.807, 2.05) is 0 Å². The first-order chi connectivity index (χ1) is 19.7. The summed E-state index contributed by atoms with van der Waals surface area (Å²) in [5.41, 5.74) is 0.396. The van der Waals surface area contributed by atoms with Crippen LogP contribution in [0.5, 0.6) is 0 Å². The van der Waals surface area contributed by atoms with Gasteiger partial charge in [0.25, 0.3) is 0 Å². The van der Waals surface area contributed by atoms with Gasteiger partial charge in [0.2, 0.25) is 5.91 Å². The fraction of sp³-hybridized carbons (Fsp3) is 0.357. The molecule has 4 rings (SSSR count). The highest BCUT2D eigenvalue weighted by atomic mass is 35.5. The lowest BCUT2D eigenvalue weighted by atomic mass is 10.1. The summed E-state index contributed by atoms with van der Waals surface area (Å²) in [7, 11) is 1.51. The molecule has 0 aliphatic carbocycles. The van der Waals surface area contributed by atoms with Gasteiger partial charge < -0.3 is 25.6 Å². The number of aromatic nitrogens is 1. The van der Waals surface area contributed by atoms with Crippen molar-refractivity contribution in [3.8, 4) is 0 Å². The second kappa shape index (κ2) is 14.0. The standard InChI is InChI=1S/C28H31ClF2N6O4/c1-37(27(39)34-14-18-3-2-4-23(31)26(18)29)22(7-8-25(38)35-21-9-10-32-15-21)16-41-28(40)36-24-12-19-11-20(30)6-5-17(19)13-33-24/h2-6,11-13,21-22,32H,7-10,14-16H2,1H3,(H,34,39)(H,35,38)(H,33,36,40)/t21?,22-/m0/s1. The number of fused-ring (bicyclic) bond motifs is 1. The van der Waals surface area contributed by atoms with Crippen LogP contribution < -0.4 is 21.3 Å². The zero-order valence-corrected chi connectivity index (χ0v) is 23.1. The number of carbonyl (C=O) groups is 3. The molecule has 2 heterocycles. The molecule has 2 aromatic carbocycles. The van der Waals surface area contributed by atoms with Crippen LogP contribution in [-0.4, -0.2) is 66.7 Å². The molecule has 0 radical (unpaired) electrons. The first-order valence-electron chi connectivity index (χ1n) is 13.1. The molecule has 1 aliphatic rings. The third kappa shape index (κ3) is 8.48. The Balaban J connectivity index is 1.37. The van der Waals surface area contributed by atoms with Gasteiger partial charge in [-0.1, -0.05) is 23.7 Å². The molecule has 218 valence electrons. The van der Waals surface area contributed by atoms with Crippen LogP contribution in [0.25, 0.3) is 10.8 Å². The van der Waals surface area contributed by atoms with Gasteiger partial charge in [-0.15, -0.1) is 0 Å². The summed E-state index contributed by atoms with van der Waals surface area (Å²) in [6, 6.07) is 8.86. The van der Waals surface area contributed by atoms with Crippen LogP contribution in [0.15, 0.2) is 48.7 Å². The zero-order valence-electron chi connectivity index (χ0n) is 22.4. The van der Waals surface area contributed by atoms with Gasteiger partial charge in [-0.3, -0.25) is 10.1 Å². The fourth-order valence-electron chi connectivity index (χ4n) is 4.40. The maximum Gasteiger partial charge on any atom is 0.412 e. The second-order valence-electron chi connectivity index (χ2n) is 9.72. The first kappa shape index (κ1) is 29.9. The van der Waals surface area contributed by atoms with E-state index in [-0.39, 0.29) is 48.8 Å². The number of pyridine rings is 1. The van der Waals surface area contributed by atoms with E-state index in [0.29, 0.717) is 22.9 Å². The number of benzene rings is 2. The minimum atomic E-state index is -0.833. The van der Waals surface area contributed by atoms with Crippen molar-refractivity contribution < 1.29 is 27.9 Å². The number of hydrogen-bond acceptors (Lipinski definition) is 6. The molecular weight excluding hydrogens is 558 g/mol. The average molecular weight is 589 g/mol. The maximum atomic E-state index is 13.8. The SMILES string of the molecule is CN(C(=O)NCc1cccc(F)c1Cl)[C@@H](CCC(=O)NC1CCNC1)COC(=O)Nc1cc2cc(F)ccc2cn1. The summed E-state index contributed by atoms with van der Waals surface area (Å²) in [5.74, 6) is -1.04. The molecule has 10 nitrogen and oxygen atoms in total. The summed E-state index contributed by atoms with van der Waals surface area (Å²) in [4.78, 5) is 43.5.